The van der Waals surface area contributed by atoms with Crippen molar-refractivity contribution in [1.29, 1.82) is 0 Å². The highest BCUT2D eigenvalue weighted by Crippen LogP contribution is 2.37. The normalized spacial score (nSPS) is 12.2. The summed E-state index contributed by atoms with van der Waals surface area (Å²) in [6, 6.07) is 7.87. The fourth-order valence-corrected chi connectivity index (χ4v) is 1.22. The van der Waals surface area contributed by atoms with Gasteiger partial charge in [-0.3, -0.25) is 9.79 Å². The number of carboxylic acid groups (broad SMARTS) is 1. The number of rotatable bonds is 4. The van der Waals surface area contributed by atoms with Crippen molar-refractivity contribution in [2.75, 3.05) is 0 Å². The summed E-state index contributed by atoms with van der Waals surface area (Å²) in [5, 5.41) is 8.82. The zero-order chi connectivity index (χ0) is 12.2. The first-order valence-corrected chi connectivity index (χ1v) is 5.66. The molecule has 7 heteroatoms. The second-order valence-corrected chi connectivity index (χ2v) is 3.99. The fourth-order valence-electron chi connectivity index (χ4n) is 0.981. The monoisotopic (exact) mass is 244 g/mol. The van der Waals surface area contributed by atoms with Crippen LogP contribution in [0.25, 0.3) is 5.57 Å². The number of benzene rings is 1. The standard InChI is InChI=1S/C9H9O6P/c10-9(11)8(6-15-16(12,13)14)7-4-2-1-3-5-7/h1-6H,(H,10,11)(H2,12,13,14)/b8-6-. The minimum absolute atomic E-state index is 0.295. The van der Waals surface area contributed by atoms with Gasteiger partial charge in [-0.1, -0.05) is 30.3 Å². The maximum atomic E-state index is 10.8. The van der Waals surface area contributed by atoms with Gasteiger partial charge in [0, 0.05) is 0 Å². The Balaban J connectivity index is 3.02. The van der Waals surface area contributed by atoms with Crippen molar-refractivity contribution in [3.05, 3.63) is 42.2 Å². The topological polar surface area (TPSA) is 104 Å². The Kier molecular flexibility index (Phi) is 3.84. The van der Waals surface area contributed by atoms with Crippen LogP contribution in [-0.4, -0.2) is 20.9 Å². The SMILES string of the molecule is O=C(O)/C(=C\OP(=O)(O)O)c1ccccc1. The molecular weight excluding hydrogens is 235 g/mol. The minimum Gasteiger partial charge on any atom is -0.478 e. The molecule has 86 valence electrons. The average Bonchev–Trinajstić information content (AvgIpc) is 2.17. The maximum absolute atomic E-state index is 10.8. The van der Waals surface area contributed by atoms with Gasteiger partial charge in [0.15, 0.2) is 0 Å². The molecule has 6 nitrogen and oxygen atoms in total. The van der Waals surface area contributed by atoms with E-state index in [-0.39, 0.29) is 5.57 Å². The van der Waals surface area contributed by atoms with Crippen molar-refractivity contribution < 1.29 is 28.8 Å². The van der Waals surface area contributed by atoms with Crippen LogP contribution in [0.1, 0.15) is 5.56 Å². The van der Waals surface area contributed by atoms with Gasteiger partial charge >= 0.3 is 13.8 Å². The molecule has 0 bridgehead atoms. The van der Waals surface area contributed by atoms with E-state index in [1.165, 1.54) is 12.1 Å². The van der Waals surface area contributed by atoms with E-state index in [1.807, 2.05) is 0 Å². The summed E-state index contributed by atoms with van der Waals surface area (Å²) in [7, 11) is -4.72. The Bertz CT molecular complexity index is 446. The third-order valence-corrected chi connectivity index (χ3v) is 2.00. The van der Waals surface area contributed by atoms with Crippen LogP contribution in [0.3, 0.4) is 0 Å². The smallest absolute Gasteiger partial charge is 0.478 e. The Hall–Kier alpha value is -1.62. The van der Waals surface area contributed by atoms with Crippen LogP contribution in [0.5, 0.6) is 0 Å². The van der Waals surface area contributed by atoms with E-state index >= 15 is 0 Å². The van der Waals surface area contributed by atoms with Crippen molar-refractivity contribution >= 4 is 19.4 Å². The average molecular weight is 244 g/mol. The lowest BCUT2D eigenvalue weighted by molar-refractivity contribution is -0.130. The molecule has 0 unspecified atom stereocenters. The second kappa shape index (κ2) is 4.94. The third-order valence-electron chi connectivity index (χ3n) is 1.62. The van der Waals surface area contributed by atoms with Gasteiger partial charge < -0.3 is 9.63 Å². The van der Waals surface area contributed by atoms with Crippen LogP contribution in [-0.2, 0) is 13.9 Å². The van der Waals surface area contributed by atoms with Gasteiger partial charge in [-0.15, -0.1) is 0 Å². The number of hydrogen-bond acceptors (Lipinski definition) is 3. The lowest BCUT2D eigenvalue weighted by atomic mass is 10.1. The van der Waals surface area contributed by atoms with E-state index in [9.17, 15) is 9.36 Å². The quantitative estimate of drug-likeness (QED) is 0.418. The van der Waals surface area contributed by atoms with Gasteiger partial charge in [0.2, 0.25) is 0 Å². The van der Waals surface area contributed by atoms with E-state index in [2.05, 4.69) is 4.52 Å². The Morgan fingerprint density at radius 1 is 1.25 bits per heavy atom. The van der Waals surface area contributed by atoms with E-state index in [1.54, 1.807) is 18.2 Å². The molecule has 1 aromatic carbocycles. The number of hydrogen-bond donors (Lipinski definition) is 3. The largest absolute Gasteiger partial charge is 0.524 e. The van der Waals surface area contributed by atoms with Crippen molar-refractivity contribution in [1.82, 2.24) is 0 Å². The summed E-state index contributed by atoms with van der Waals surface area (Å²) < 4.78 is 14.5. The molecule has 0 fully saturated rings. The van der Waals surface area contributed by atoms with Gasteiger partial charge in [0.05, 0.1) is 0 Å². The van der Waals surface area contributed by atoms with Crippen LogP contribution in [0, 0.1) is 0 Å². The summed E-state index contributed by atoms with van der Waals surface area (Å²) in [6.45, 7) is 0. The van der Waals surface area contributed by atoms with E-state index in [0.717, 1.165) is 0 Å². The number of carboxylic acids is 1. The predicted molar refractivity (Wildman–Crippen MR) is 55.2 cm³/mol. The van der Waals surface area contributed by atoms with Crippen LogP contribution in [0.4, 0.5) is 0 Å². The molecule has 16 heavy (non-hydrogen) atoms. The highest BCUT2D eigenvalue weighted by Gasteiger charge is 2.16. The van der Waals surface area contributed by atoms with Crippen LogP contribution < -0.4 is 0 Å². The number of phosphoric acid groups is 1. The van der Waals surface area contributed by atoms with Crippen LogP contribution >= 0.6 is 7.82 Å². The predicted octanol–water partition coefficient (Wildman–Crippen LogP) is 1.22. The van der Waals surface area contributed by atoms with E-state index in [4.69, 9.17) is 14.9 Å². The first-order valence-electron chi connectivity index (χ1n) is 4.13. The molecule has 0 amide bonds. The molecule has 1 rings (SSSR count). The van der Waals surface area contributed by atoms with E-state index in [0.29, 0.717) is 11.8 Å². The zero-order valence-corrected chi connectivity index (χ0v) is 8.87. The Labute approximate surface area is 91.0 Å². The molecule has 1 aromatic rings. The molecule has 0 aliphatic heterocycles. The molecular formula is C9H9O6P. The van der Waals surface area contributed by atoms with Gasteiger partial charge in [-0.05, 0) is 5.56 Å². The molecule has 0 saturated carbocycles. The van der Waals surface area contributed by atoms with Crippen molar-refractivity contribution in [3.63, 3.8) is 0 Å². The van der Waals surface area contributed by atoms with Crippen molar-refractivity contribution in [2.45, 2.75) is 0 Å². The fraction of sp³-hybridized carbons (Fsp3) is 0. The molecule has 0 saturated heterocycles. The van der Waals surface area contributed by atoms with Gasteiger partial charge in [0.1, 0.15) is 11.8 Å². The number of carbonyl (C=O) groups is 1. The van der Waals surface area contributed by atoms with Gasteiger partial charge in [0.25, 0.3) is 0 Å². The zero-order valence-electron chi connectivity index (χ0n) is 7.98. The lowest BCUT2D eigenvalue weighted by Gasteiger charge is -2.04. The molecule has 0 aliphatic rings. The summed E-state index contributed by atoms with van der Waals surface area (Å²) >= 11 is 0. The Morgan fingerprint density at radius 3 is 2.25 bits per heavy atom. The maximum Gasteiger partial charge on any atom is 0.524 e. The molecule has 3 N–H and O–H groups in total. The summed E-state index contributed by atoms with van der Waals surface area (Å²) in [6.07, 6.45) is 0.540. The third kappa shape index (κ3) is 3.86. The van der Waals surface area contributed by atoms with Crippen LogP contribution in [0.2, 0.25) is 0 Å². The van der Waals surface area contributed by atoms with Crippen LogP contribution in [0.15, 0.2) is 36.6 Å². The molecule has 0 radical (unpaired) electrons. The molecule has 0 heterocycles. The molecule has 0 aromatic heterocycles. The Morgan fingerprint density at radius 2 is 1.81 bits per heavy atom. The minimum atomic E-state index is -4.72. The number of phosphoric ester groups is 1. The first-order chi connectivity index (χ1) is 7.40. The molecule has 0 aliphatic carbocycles. The summed E-state index contributed by atoms with van der Waals surface area (Å²) in [5.41, 5.74) is -0.0348. The van der Waals surface area contributed by atoms with Crippen molar-refractivity contribution in [3.8, 4) is 0 Å². The highest BCUT2D eigenvalue weighted by molar-refractivity contribution is 7.46. The molecule has 0 spiro atoms. The van der Waals surface area contributed by atoms with Gasteiger partial charge in [-0.25, -0.2) is 9.36 Å². The van der Waals surface area contributed by atoms with Crippen molar-refractivity contribution in [2.24, 2.45) is 0 Å². The highest BCUT2D eigenvalue weighted by atomic mass is 31.2. The summed E-state index contributed by atoms with van der Waals surface area (Å²) in [5.74, 6) is -1.33. The lowest BCUT2D eigenvalue weighted by Crippen LogP contribution is -2.00. The second-order valence-electron chi connectivity index (χ2n) is 2.80. The van der Waals surface area contributed by atoms with E-state index < -0.39 is 13.8 Å². The summed E-state index contributed by atoms with van der Waals surface area (Å²) in [4.78, 5) is 27.7. The first kappa shape index (κ1) is 12.4. The van der Waals surface area contributed by atoms with Gasteiger partial charge in [-0.2, -0.15) is 0 Å². The number of aliphatic carboxylic acids is 1. The molecule has 0 atom stereocenters.